The first-order chi connectivity index (χ1) is 28.3. The van der Waals surface area contributed by atoms with Gasteiger partial charge in [-0.05, 0) is 65.7 Å². The number of nitrogens with zero attached hydrogens (tertiary/aromatic N) is 5. The summed E-state index contributed by atoms with van der Waals surface area (Å²) >= 11 is 0. The monoisotopic (exact) mass is 729 g/mol. The Kier molecular flexibility index (Phi) is 6.83. The van der Waals surface area contributed by atoms with Crippen LogP contribution >= 0.6 is 0 Å². The summed E-state index contributed by atoms with van der Waals surface area (Å²) in [6.45, 7) is 0. The number of furan rings is 1. The van der Waals surface area contributed by atoms with E-state index >= 15 is 0 Å². The van der Waals surface area contributed by atoms with Gasteiger partial charge >= 0.3 is 0 Å². The lowest BCUT2D eigenvalue weighted by atomic mass is 10.0. The maximum atomic E-state index is 6.37. The molecule has 0 saturated heterocycles. The van der Waals surface area contributed by atoms with Crippen molar-refractivity contribution in [2.24, 2.45) is 0 Å². The average molecular weight is 730 g/mol. The second-order valence-electron chi connectivity index (χ2n) is 14.4. The van der Waals surface area contributed by atoms with Gasteiger partial charge in [0.05, 0.1) is 27.8 Å². The largest absolute Gasteiger partial charge is 0.456 e. The fraction of sp³-hybridized carbons (Fsp3) is 0. The third kappa shape index (κ3) is 4.87. The van der Waals surface area contributed by atoms with Gasteiger partial charge in [0, 0.05) is 43.4 Å². The van der Waals surface area contributed by atoms with E-state index in [0.29, 0.717) is 17.6 Å². The van der Waals surface area contributed by atoms with Crippen LogP contribution in [-0.4, -0.2) is 24.1 Å². The van der Waals surface area contributed by atoms with E-state index in [0.717, 1.165) is 82.7 Å². The second kappa shape index (κ2) is 12.3. The average Bonchev–Trinajstić information content (AvgIpc) is 3.94. The van der Waals surface area contributed by atoms with E-state index in [2.05, 4.69) is 173 Å². The molecule has 0 N–H and O–H groups in total. The highest BCUT2D eigenvalue weighted by atomic mass is 16.3. The van der Waals surface area contributed by atoms with E-state index in [4.69, 9.17) is 19.4 Å². The molecule has 0 spiro atoms. The van der Waals surface area contributed by atoms with Gasteiger partial charge in [0.1, 0.15) is 11.2 Å². The van der Waals surface area contributed by atoms with Gasteiger partial charge in [-0.1, -0.05) is 133 Å². The van der Waals surface area contributed by atoms with Crippen LogP contribution in [0.4, 0.5) is 0 Å². The van der Waals surface area contributed by atoms with Crippen LogP contribution in [0.15, 0.2) is 192 Å². The predicted octanol–water partition coefficient (Wildman–Crippen LogP) is 13.0. The van der Waals surface area contributed by atoms with Gasteiger partial charge in [-0.2, -0.15) is 9.97 Å². The fourth-order valence-electron chi connectivity index (χ4n) is 8.62. The maximum absolute atomic E-state index is 6.37. The number of hydrogen-bond acceptors (Lipinski definition) is 4. The summed E-state index contributed by atoms with van der Waals surface area (Å²) in [5.41, 5.74) is 10.9. The van der Waals surface area contributed by atoms with Gasteiger partial charge in [-0.25, -0.2) is 4.98 Å². The summed E-state index contributed by atoms with van der Waals surface area (Å²) in [5, 5.41) is 6.78. The first-order valence-electron chi connectivity index (χ1n) is 19.1. The van der Waals surface area contributed by atoms with Crippen molar-refractivity contribution in [1.29, 1.82) is 0 Å². The molecule has 12 rings (SSSR count). The Morgan fingerprint density at radius 1 is 0.333 bits per heavy atom. The molecule has 0 bridgehead atoms. The minimum Gasteiger partial charge on any atom is -0.456 e. The molecule has 4 aromatic heterocycles. The first-order valence-corrected chi connectivity index (χ1v) is 19.1. The molecule has 0 aliphatic rings. The number of benzene rings is 8. The van der Waals surface area contributed by atoms with Crippen LogP contribution in [0.25, 0.3) is 111 Å². The zero-order valence-corrected chi connectivity index (χ0v) is 30.5. The second-order valence-corrected chi connectivity index (χ2v) is 14.4. The summed E-state index contributed by atoms with van der Waals surface area (Å²) in [6, 6.07) is 65.6. The molecule has 0 amide bonds. The third-order valence-electron chi connectivity index (χ3n) is 11.2. The van der Waals surface area contributed by atoms with Crippen molar-refractivity contribution in [3.63, 3.8) is 0 Å². The van der Waals surface area contributed by atoms with Crippen molar-refractivity contribution in [2.45, 2.75) is 0 Å². The zero-order chi connectivity index (χ0) is 37.5. The van der Waals surface area contributed by atoms with Gasteiger partial charge in [0.25, 0.3) is 0 Å². The van der Waals surface area contributed by atoms with Crippen LogP contribution in [0.2, 0.25) is 0 Å². The summed E-state index contributed by atoms with van der Waals surface area (Å²) in [7, 11) is 0. The Bertz CT molecular complexity index is 3490. The summed E-state index contributed by atoms with van der Waals surface area (Å²) in [6.07, 6.45) is 0. The van der Waals surface area contributed by atoms with Crippen LogP contribution in [0, 0.1) is 0 Å². The number of para-hydroxylation sites is 5. The summed E-state index contributed by atoms with van der Waals surface area (Å²) < 4.78 is 10.9. The van der Waals surface area contributed by atoms with Gasteiger partial charge in [-0.15, -0.1) is 0 Å². The molecule has 0 aliphatic carbocycles. The summed E-state index contributed by atoms with van der Waals surface area (Å²) in [5.74, 6) is 1.66. The van der Waals surface area contributed by atoms with Crippen LogP contribution < -0.4 is 0 Å². The van der Waals surface area contributed by atoms with Crippen LogP contribution in [0.3, 0.4) is 0 Å². The molecule has 0 atom stereocenters. The van der Waals surface area contributed by atoms with Crippen LogP contribution in [0.1, 0.15) is 0 Å². The van der Waals surface area contributed by atoms with E-state index in [-0.39, 0.29) is 0 Å². The molecule has 0 unspecified atom stereocenters. The molecule has 0 fully saturated rings. The zero-order valence-electron chi connectivity index (χ0n) is 30.5. The standard InChI is InChI=1S/C51H31N5O/c1-2-14-32(15-3-1)33-26-28-38-37-18-6-11-23-44(37)56(46(38)30-33)51-53-49(34-27-29-40-39-19-8-13-25-47(39)57-48(40)31-34)52-50(54-51)41-20-7-12-24-45(41)55-42-21-9-4-16-35(42)36-17-5-10-22-43(36)55/h1-31H. The van der Waals surface area contributed by atoms with E-state index in [1.807, 2.05) is 24.3 Å². The molecule has 0 radical (unpaired) electrons. The van der Waals surface area contributed by atoms with Gasteiger partial charge in [0.2, 0.25) is 5.95 Å². The normalized spacial score (nSPS) is 11.9. The highest BCUT2D eigenvalue weighted by molar-refractivity contribution is 6.11. The van der Waals surface area contributed by atoms with Crippen molar-refractivity contribution in [3.05, 3.63) is 188 Å². The van der Waals surface area contributed by atoms with Crippen molar-refractivity contribution in [3.8, 4) is 45.5 Å². The van der Waals surface area contributed by atoms with Crippen LogP contribution in [-0.2, 0) is 0 Å². The molecular weight excluding hydrogens is 699 g/mol. The van der Waals surface area contributed by atoms with Crippen molar-refractivity contribution in [2.75, 3.05) is 0 Å². The highest BCUT2D eigenvalue weighted by Crippen LogP contribution is 2.39. The van der Waals surface area contributed by atoms with Crippen molar-refractivity contribution >= 4 is 65.6 Å². The van der Waals surface area contributed by atoms with E-state index in [1.165, 1.54) is 10.8 Å². The number of hydrogen-bond donors (Lipinski definition) is 0. The molecule has 8 aromatic carbocycles. The Morgan fingerprint density at radius 3 is 1.63 bits per heavy atom. The molecule has 4 heterocycles. The SMILES string of the molecule is c1ccc(-c2ccc3c4ccccc4n(-c4nc(-c5ccc6c(c5)oc5ccccc56)nc(-c5ccccc5-n5c6ccccc6c6ccccc65)n4)c3c2)cc1. The van der Waals surface area contributed by atoms with Gasteiger partial charge in [0.15, 0.2) is 11.6 Å². The van der Waals surface area contributed by atoms with Crippen LogP contribution in [0.5, 0.6) is 0 Å². The third-order valence-corrected chi connectivity index (χ3v) is 11.2. The van der Waals surface area contributed by atoms with E-state index in [1.54, 1.807) is 0 Å². The Hall–Kier alpha value is -7.83. The lowest BCUT2D eigenvalue weighted by molar-refractivity contribution is 0.669. The first kappa shape index (κ1) is 31.5. The molecule has 0 aliphatic heterocycles. The molecule has 6 nitrogen and oxygen atoms in total. The lowest BCUT2D eigenvalue weighted by Crippen LogP contribution is -2.08. The Labute approximate surface area is 326 Å². The molecule has 57 heavy (non-hydrogen) atoms. The quantitative estimate of drug-likeness (QED) is 0.177. The topological polar surface area (TPSA) is 61.7 Å². The Morgan fingerprint density at radius 2 is 0.877 bits per heavy atom. The van der Waals surface area contributed by atoms with Crippen molar-refractivity contribution in [1.82, 2.24) is 24.1 Å². The van der Waals surface area contributed by atoms with E-state index in [9.17, 15) is 0 Å². The smallest absolute Gasteiger partial charge is 0.238 e. The molecule has 0 saturated carbocycles. The highest BCUT2D eigenvalue weighted by Gasteiger charge is 2.22. The predicted molar refractivity (Wildman–Crippen MR) is 232 cm³/mol. The van der Waals surface area contributed by atoms with Gasteiger partial charge < -0.3 is 8.98 Å². The summed E-state index contributed by atoms with van der Waals surface area (Å²) in [4.78, 5) is 16.0. The minimum absolute atomic E-state index is 0.535. The minimum atomic E-state index is 0.535. The molecular formula is C51H31N5O. The van der Waals surface area contributed by atoms with E-state index < -0.39 is 0 Å². The number of fused-ring (bicyclic) bond motifs is 9. The lowest BCUT2D eigenvalue weighted by Gasteiger charge is -2.15. The van der Waals surface area contributed by atoms with Gasteiger partial charge in [-0.3, -0.25) is 4.57 Å². The fourth-order valence-corrected chi connectivity index (χ4v) is 8.62. The number of aromatic nitrogens is 5. The molecule has 266 valence electrons. The molecule has 12 aromatic rings. The number of rotatable bonds is 5. The van der Waals surface area contributed by atoms with Crippen molar-refractivity contribution < 1.29 is 4.42 Å². The maximum Gasteiger partial charge on any atom is 0.238 e. The Balaban J connectivity index is 1.15. The molecule has 6 heteroatoms.